The third-order valence-electron chi connectivity index (χ3n) is 4.93. The fraction of sp³-hybridized carbons (Fsp3) is 0.476. The molecule has 0 bridgehead atoms. The second-order valence-electron chi connectivity index (χ2n) is 7.29. The van der Waals surface area contributed by atoms with Gasteiger partial charge in [-0.15, -0.1) is 0 Å². The monoisotopic (exact) mass is 352 g/mol. The van der Waals surface area contributed by atoms with E-state index in [2.05, 4.69) is 40.1 Å². The van der Waals surface area contributed by atoms with Crippen LogP contribution in [-0.4, -0.2) is 29.0 Å². The summed E-state index contributed by atoms with van der Waals surface area (Å²) in [6.45, 7) is 8.20. The van der Waals surface area contributed by atoms with E-state index in [1.165, 1.54) is 12.8 Å². The van der Waals surface area contributed by atoms with Crippen LogP contribution in [0, 0.1) is 6.92 Å². The van der Waals surface area contributed by atoms with Gasteiger partial charge in [0.25, 0.3) is 5.91 Å². The molecular formula is C21H28N4O. The van der Waals surface area contributed by atoms with Crippen LogP contribution in [0.3, 0.4) is 0 Å². The molecule has 138 valence electrons. The van der Waals surface area contributed by atoms with E-state index < -0.39 is 0 Å². The first-order chi connectivity index (χ1) is 12.6. The first-order valence-corrected chi connectivity index (χ1v) is 9.55. The largest absolute Gasteiger partial charge is 0.341 e. The highest BCUT2D eigenvalue weighted by molar-refractivity contribution is 6.03. The normalized spacial score (nSPS) is 15.0. The summed E-state index contributed by atoms with van der Waals surface area (Å²) < 4.78 is 0. The van der Waals surface area contributed by atoms with Crippen molar-refractivity contribution in [3.05, 3.63) is 47.3 Å². The lowest BCUT2D eigenvalue weighted by Crippen LogP contribution is -2.27. The third-order valence-corrected chi connectivity index (χ3v) is 4.93. The summed E-state index contributed by atoms with van der Waals surface area (Å²) in [6.07, 6.45) is 6.49. The van der Waals surface area contributed by atoms with E-state index >= 15 is 0 Å². The molecule has 1 N–H and O–H groups in total. The number of nitrogens with zero attached hydrogens (tertiary/aromatic N) is 3. The second-order valence-corrected chi connectivity index (χ2v) is 7.29. The van der Waals surface area contributed by atoms with Gasteiger partial charge in [-0.3, -0.25) is 4.79 Å². The second kappa shape index (κ2) is 8.30. The summed E-state index contributed by atoms with van der Waals surface area (Å²) in [5.41, 5.74) is 3.51. The van der Waals surface area contributed by atoms with Crippen LogP contribution >= 0.6 is 0 Å². The van der Waals surface area contributed by atoms with Gasteiger partial charge in [0.05, 0.1) is 0 Å². The number of carbonyl (C=O) groups is 1. The molecule has 1 aliphatic heterocycles. The average Bonchev–Trinajstić information content (AvgIpc) is 2.92. The predicted octanol–water partition coefficient (Wildman–Crippen LogP) is 4.54. The lowest BCUT2D eigenvalue weighted by molar-refractivity contribution is 0.102. The van der Waals surface area contributed by atoms with Crippen molar-refractivity contribution in [3.63, 3.8) is 0 Å². The summed E-state index contributed by atoms with van der Waals surface area (Å²) in [4.78, 5) is 23.9. The number of benzene rings is 1. The van der Waals surface area contributed by atoms with Gasteiger partial charge in [0.15, 0.2) is 0 Å². The Hall–Kier alpha value is -2.43. The molecule has 5 nitrogen and oxygen atoms in total. The lowest BCUT2D eigenvalue weighted by atomic mass is 9.98. The zero-order valence-corrected chi connectivity index (χ0v) is 16.0. The molecular weight excluding hydrogens is 324 g/mol. The molecule has 0 saturated carbocycles. The molecule has 1 aromatic heterocycles. The fourth-order valence-corrected chi connectivity index (χ4v) is 3.42. The smallest absolute Gasteiger partial charge is 0.274 e. The lowest BCUT2D eigenvalue weighted by Gasteiger charge is -2.20. The highest BCUT2D eigenvalue weighted by Gasteiger charge is 2.17. The molecule has 1 saturated heterocycles. The molecule has 2 aromatic rings. The van der Waals surface area contributed by atoms with E-state index in [1.54, 1.807) is 12.3 Å². The molecule has 0 spiro atoms. The van der Waals surface area contributed by atoms with Crippen molar-refractivity contribution in [3.8, 4) is 0 Å². The van der Waals surface area contributed by atoms with Crippen LogP contribution in [-0.2, 0) is 0 Å². The Morgan fingerprint density at radius 2 is 1.85 bits per heavy atom. The molecule has 0 aliphatic carbocycles. The predicted molar refractivity (Wildman–Crippen MR) is 106 cm³/mol. The van der Waals surface area contributed by atoms with E-state index in [9.17, 15) is 4.79 Å². The van der Waals surface area contributed by atoms with Crippen molar-refractivity contribution in [1.82, 2.24) is 9.97 Å². The summed E-state index contributed by atoms with van der Waals surface area (Å²) in [5.74, 6) is 0.816. The van der Waals surface area contributed by atoms with Crippen LogP contribution in [0.4, 0.5) is 11.6 Å². The number of para-hydroxylation sites is 1. The zero-order valence-electron chi connectivity index (χ0n) is 16.0. The minimum absolute atomic E-state index is 0.181. The molecule has 1 aliphatic rings. The molecule has 1 amide bonds. The first-order valence-electron chi connectivity index (χ1n) is 9.55. The molecule has 3 rings (SSSR count). The quantitative estimate of drug-likeness (QED) is 0.877. The summed E-state index contributed by atoms with van der Waals surface area (Å²) >= 11 is 0. The van der Waals surface area contributed by atoms with Gasteiger partial charge in [0.2, 0.25) is 5.95 Å². The van der Waals surface area contributed by atoms with Gasteiger partial charge in [-0.2, -0.15) is 0 Å². The van der Waals surface area contributed by atoms with Gasteiger partial charge >= 0.3 is 0 Å². The Kier molecular flexibility index (Phi) is 5.86. The molecule has 1 aromatic carbocycles. The molecule has 0 atom stereocenters. The van der Waals surface area contributed by atoms with Crippen molar-refractivity contribution in [2.75, 3.05) is 23.3 Å². The topological polar surface area (TPSA) is 58.1 Å². The van der Waals surface area contributed by atoms with E-state index in [1.807, 2.05) is 19.1 Å². The van der Waals surface area contributed by atoms with Crippen LogP contribution in [0.2, 0.25) is 0 Å². The van der Waals surface area contributed by atoms with E-state index in [-0.39, 0.29) is 5.91 Å². The summed E-state index contributed by atoms with van der Waals surface area (Å²) in [5, 5.41) is 3.07. The van der Waals surface area contributed by atoms with E-state index in [0.717, 1.165) is 42.7 Å². The fourth-order valence-electron chi connectivity index (χ4n) is 3.42. The SMILES string of the molecule is Cc1cccc(C(C)C)c1NC(=O)c1ccnc(N2CCCCCC2)n1. The number of aryl methyl sites for hydroxylation is 1. The summed E-state index contributed by atoms with van der Waals surface area (Å²) in [6, 6.07) is 7.80. The number of hydrogen-bond donors (Lipinski definition) is 1. The van der Waals surface area contributed by atoms with Gasteiger partial charge in [-0.25, -0.2) is 9.97 Å². The van der Waals surface area contributed by atoms with Crippen molar-refractivity contribution in [1.29, 1.82) is 0 Å². The highest BCUT2D eigenvalue weighted by Crippen LogP contribution is 2.27. The number of anilines is 2. The zero-order chi connectivity index (χ0) is 18.5. The maximum atomic E-state index is 12.8. The maximum absolute atomic E-state index is 12.8. The van der Waals surface area contributed by atoms with Crippen LogP contribution in [0.1, 0.15) is 67.1 Å². The number of carbonyl (C=O) groups excluding carboxylic acids is 1. The van der Waals surface area contributed by atoms with E-state index in [0.29, 0.717) is 17.6 Å². The highest BCUT2D eigenvalue weighted by atomic mass is 16.1. The Labute approximate surface area is 155 Å². The van der Waals surface area contributed by atoms with Crippen molar-refractivity contribution >= 4 is 17.5 Å². The van der Waals surface area contributed by atoms with E-state index in [4.69, 9.17) is 0 Å². The van der Waals surface area contributed by atoms with Gasteiger partial charge in [-0.1, -0.05) is 44.9 Å². The molecule has 0 unspecified atom stereocenters. The molecule has 0 radical (unpaired) electrons. The Morgan fingerprint density at radius 3 is 2.54 bits per heavy atom. The minimum atomic E-state index is -0.181. The van der Waals surface area contributed by atoms with Gasteiger partial charge in [0, 0.05) is 25.0 Å². The number of rotatable bonds is 4. The minimum Gasteiger partial charge on any atom is -0.341 e. The molecule has 2 heterocycles. The van der Waals surface area contributed by atoms with Crippen molar-refractivity contribution < 1.29 is 4.79 Å². The number of nitrogens with one attached hydrogen (secondary N) is 1. The van der Waals surface area contributed by atoms with Crippen molar-refractivity contribution in [2.45, 2.75) is 52.4 Å². The van der Waals surface area contributed by atoms with Crippen LogP contribution in [0.25, 0.3) is 0 Å². The Balaban J connectivity index is 1.82. The van der Waals surface area contributed by atoms with Gasteiger partial charge in [-0.05, 0) is 42.9 Å². The van der Waals surface area contributed by atoms with Crippen LogP contribution in [0.15, 0.2) is 30.5 Å². The Bertz CT molecular complexity index is 764. The maximum Gasteiger partial charge on any atom is 0.274 e. The van der Waals surface area contributed by atoms with Gasteiger partial charge in [0.1, 0.15) is 5.69 Å². The molecule has 26 heavy (non-hydrogen) atoms. The first kappa shape index (κ1) is 18.4. The Morgan fingerprint density at radius 1 is 1.12 bits per heavy atom. The van der Waals surface area contributed by atoms with Crippen LogP contribution in [0.5, 0.6) is 0 Å². The van der Waals surface area contributed by atoms with Crippen LogP contribution < -0.4 is 10.2 Å². The molecule has 5 heteroatoms. The standard InChI is InChI=1S/C21H28N4O/c1-15(2)17-10-8-9-16(3)19(17)24-20(26)18-11-12-22-21(23-18)25-13-6-4-5-7-14-25/h8-12,15H,4-7,13-14H2,1-3H3,(H,24,26). The van der Waals surface area contributed by atoms with Gasteiger partial charge < -0.3 is 10.2 Å². The summed E-state index contributed by atoms with van der Waals surface area (Å²) in [7, 11) is 0. The third kappa shape index (κ3) is 4.21. The molecule has 1 fully saturated rings. The average molecular weight is 352 g/mol. The number of amides is 1. The number of hydrogen-bond acceptors (Lipinski definition) is 4. The van der Waals surface area contributed by atoms with Crippen molar-refractivity contribution in [2.24, 2.45) is 0 Å². The number of aromatic nitrogens is 2.